The lowest BCUT2D eigenvalue weighted by atomic mass is 10.1. The predicted molar refractivity (Wildman–Crippen MR) is 78.6 cm³/mol. The molecule has 0 unspecified atom stereocenters. The fourth-order valence-electron chi connectivity index (χ4n) is 2.72. The lowest BCUT2D eigenvalue weighted by Gasteiger charge is -2.20. The molecule has 0 aliphatic carbocycles. The van der Waals surface area contributed by atoms with Gasteiger partial charge in [-0.2, -0.15) is 0 Å². The van der Waals surface area contributed by atoms with Crippen molar-refractivity contribution in [1.29, 1.82) is 0 Å². The highest BCUT2D eigenvalue weighted by Crippen LogP contribution is 2.33. The van der Waals surface area contributed by atoms with Gasteiger partial charge in [-0.1, -0.05) is 12.1 Å². The van der Waals surface area contributed by atoms with Crippen molar-refractivity contribution in [1.82, 2.24) is 0 Å². The molecule has 2 aromatic carbocycles. The molecular formula is C16H17FN2O. The monoisotopic (exact) mass is 272 g/mol. The van der Waals surface area contributed by atoms with Crippen LogP contribution in [0.2, 0.25) is 0 Å². The zero-order chi connectivity index (χ0) is 14.1. The van der Waals surface area contributed by atoms with Crippen LogP contribution >= 0.6 is 0 Å². The van der Waals surface area contributed by atoms with Crippen LogP contribution in [0.25, 0.3) is 0 Å². The predicted octanol–water partition coefficient (Wildman–Crippen LogP) is 2.98. The number of benzene rings is 2. The van der Waals surface area contributed by atoms with Crippen LogP contribution in [0.1, 0.15) is 11.1 Å². The van der Waals surface area contributed by atoms with Crippen molar-refractivity contribution in [3.8, 4) is 5.75 Å². The molecule has 0 saturated heterocycles. The zero-order valence-corrected chi connectivity index (χ0v) is 11.4. The van der Waals surface area contributed by atoms with Crippen molar-refractivity contribution in [3.63, 3.8) is 0 Å². The quantitative estimate of drug-likeness (QED) is 0.873. The molecule has 0 atom stereocenters. The van der Waals surface area contributed by atoms with Crippen molar-refractivity contribution in [2.45, 2.75) is 13.0 Å². The first-order chi connectivity index (χ1) is 9.69. The molecule has 3 nitrogen and oxygen atoms in total. The Morgan fingerprint density at radius 1 is 1.30 bits per heavy atom. The van der Waals surface area contributed by atoms with Gasteiger partial charge in [-0.05, 0) is 36.2 Å². The topological polar surface area (TPSA) is 38.5 Å². The van der Waals surface area contributed by atoms with Gasteiger partial charge in [0.25, 0.3) is 0 Å². The molecule has 1 heterocycles. The number of nitrogens with zero attached hydrogens (tertiary/aromatic N) is 1. The summed E-state index contributed by atoms with van der Waals surface area (Å²) < 4.78 is 18.7. The van der Waals surface area contributed by atoms with E-state index in [2.05, 4.69) is 11.0 Å². The summed E-state index contributed by atoms with van der Waals surface area (Å²) in [6.45, 7) is 1.59. The van der Waals surface area contributed by atoms with E-state index >= 15 is 0 Å². The van der Waals surface area contributed by atoms with Crippen LogP contribution in [0.15, 0.2) is 36.4 Å². The molecule has 2 N–H and O–H groups in total. The summed E-state index contributed by atoms with van der Waals surface area (Å²) >= 11 is 0. The summed E-state index contributed by atoms with van der Waals surface area (Å²) in [5, 5.41) is 0. The number of hydrogen-bond acceptors (Lipinski definition) is 3. The maximum atomic E-state index is 13.7. The highest BCUT2D eigenvalue weighted by Gasteiger charge is 2.21. The van der Waals surface area contributed by atoms with Crippen LogP contribution in [0.5, 0.6) is 5.75 Å². The van der Waals surface area contributed by atoms with Gasteiger partial charge >= 0.3 is 0 Å². The number of fused-ring (bicyclic) bond motifs is 1. The minimum absolute atomic E-state index is 0.278. The Balaban J connectivity index is 1.84. The standard InChI is InChI=1S/C16H17FN2O/c1-20-16-6-5-11(9-13(16)17)10-19-8-7-12-14(18)3-2-4-15(12)19/h2-6,9H,7-8,10,18H2,1H3. The van der Waals surface area contributed by atoms with E-state index in [0.29, 0.717) is 6.54 Å². The number of nitrogen functional groups attached to an aromatic ring is 1. The molecule has 0 bridgehead atoms. The summed E-state index contributed by atoms with van der Waals surface area (Å²) in [4.78, 5) is 2.23. The van der Waals surface area contributed by atoms with Gasteiger partial charge in [0.2, 0.25) is 0 Å². The van der Waals surface area contributed by atoms with Crippen molar-refractivity contribution >= 4 is 11.4 Å². The van der Waals surface area contributed by atoms with Gasteiger partial charge in [0.1, 0.15) is 0 Å². The third kappa shape index (κ3) is 2.18. The van der Waals surface area contributed by atoms with E-state index in [0.717, 1.165) is 29.9 Å². The van der Waals surface area contributed by atoms with Crippen molar-refractivity contribution in [2.75, 3.05) is 24.3 Å². The second-order valence-corrected chi connectivity index (χ2v) is 4.99. The Kier molecular flexibility index (Phi) is 3.22. The highest BCUT2D eigenvalue weighted by molar-refractivity contribution is 5.68. The van der Waals surface area contributed by atoms with Crippen LogP contribution in [0, 0.1) is 5.82 Å². The summed E-state index contributed by atoms with van der Waals surface area (Å²) in [5.74, 6) is -0.0446. The van der Waals surface area contributed by atoms with Gasteiger partial charge in [0, 0.05) is 30.0 Å². The smallest absolute Gasteiger partial charge is 0.165 e. The van der Waals surface area contributed by atoms with Gasteiger partial charge in [0.15, 0.2) is 11.6 Å². The van der Waals surface area contributed by atoms with E-state index < -0.39 is 0 Å². The van der Waals surface area contributed by atoms with Gasteiger partial charge in [-0.3, -0.25) is 0 Å². The van der Waals surface area contributed by atoms with Crippen LogP contribution in [0.3, 0.4) is 0 Å². The van der Waals surface area contributed by atoms with E-state index in [-0.39, 0.29) is 11.6 Å². The lowest BCUT2D eigenvalue weighted by molar-refractivity contribution is 0.386. The minimum atomic E-state index is -0.322. The molecule has 3 rings (SSSR count). The van der Waals surface area contributed by atoms with Crippen LogP contribution in [-0.4, -0.2) is 13.7 Å². The molecule has 0 fully saturated rings. The largest absolute Gasteiger partial charge is 0.494 e. The van der Waals surface area contributed by atoms with Crippen LogP contribution in [-0.2, 0) is 13.0 Å². The second-order valence-electron chi connectivity index (χ2n) is 4.99. The van der Waals surface area contributed by atoms with Gasteiger partial charge < -0.3 is 15.4 Å². The van der Waals surface area contributed by atoms with E-state index in [1.165, 1.54) is 18.7 Å². The van der Waals surface area contributed by atoms with Crippen molar-refractivity contribution in [2.24, 2.45) is 0 Å². The Labute approximate surface area is 117 Å². The summed E-state index contributed by atoms with van der Waals surface area (Å²) in [6, 6.07) is 11.0. The first-order valence-electron chi connectivity index (χ1n) is 6.64. The first kappa shape index (κ1) is 12.8. The number of halogens is 1. The summed E-state index contributed by atoms with van der Waals surface area (Å²) in [7, 11) is 1.47. The van der Waals surface area contributed by atoms with Crippen molar-refractivity contribution in [3.05, 3.63) is 53.3 Å². The zero-order valence-electron chi connectivity index (χ0n) is 11.4. The van der Waals surface area contributed by atoms with E-state index in [1.807, 2.05) is 18.2 Å². The Morgan fingerprint density at radius 3 is 2.90 bits per heavy atom. The SMILES string of the molecule is COc1ccc(CN2CCc3c(N)cccc32)cc1F. The number of methoxy groups -OCH3 is 1. The maximum absolute atomic E-state index is 13.7. The molecule has 1 aliphatic rings. The average Bonchev–Trinajstić information content (AvgIpc) is 2.84. The fraction of sp³-hybridized carbons (Fsp3) is 0.250. The number of anilines is 2. The van der Waals surface area contributed by atoms with E-state index in [1.54, 1.807) is 6.07 Å². The summed E-state index contributed by atoms with van der Waals surface area (Å²) in [5.41, 5.74) is 10.1. The van der Waals surface area contributed by atoms with Crippen LogP contribution in [0.4, 0.5) is 15.8 Å². The Hall–Kier alpha value is -2.23. The highest BCUT2D eigenvalue weighted by atomic mass is 19.1. The Morgan fingerprint density at radius 2 is 2.15 bits per heavy atom. The molecule has 0 spiro atoms. The molecular weight excluding hydrogens is 255 g/mol. The molecule has 20 heavy (non-hydrogen) atoms. The Bertz CT molecular complexity index is 642. The molecule has 0 aromatic heterocycles. The number of ether oxygens (including phenoxy) is 1. The van der Waals surface area contributed by atoms with Gasteiger partial charge in [0.05, 0.1) is 7.11 Å². The summed E-state index contributed by atoms with van der Waals surface area (Å²) in [6.07, 6.45) is 0.945. The molecule has 0 amide bonds. The second kappa shape index (κ2) is 5.04. The molecule has 104 valence electrons. The molecule has 2 aromatic rings. The lowest BCUT2D eigenvalue weighted by Crippen LogP contribution is -2.19. The molecule has 0 saturated carbocycles. The van der Waals surface area contributed by atoms with Crippen LogP contribution < -0.4 is 15.4 Å². The van der Waals surface area contributed by atoms with Gasteiger partial charge in [-0.15, -0.1) is 0 Å². The van der Waals surface area contributed by atoms with E-state index in [9.17, 15) is 4.39 Å². The number of rotatable bonds is 3. The fourth-order valence-corrected chi connectivity index (χ4v) is 2.72. The van der Waals surface area contributed by atoms with E-state index in [4.69, 9.17) is 10.5 Å². The normalized spacial score (nSPS) is 13.4. The third-order valence-corrected chi connectivity index (χ3v) is 3.75. The number of nitrogens with two attached hydrogens (primary N) is 1. The molecule has 1 aliphatic heterocycles. The van der Waals surface area contributed by atoms with Gasteiger partial charge in [-0.25, -0.2) is 4.39 Å². The average molecular weight is 272 g/mol. The maximum Gasteiger partial charge on any atom is 0.165 e. The third-order valence-electron chi connectivity index (χ3n) is 3.75. The first-order valence-corrected chi connectivity index (χ1v) is 6.64. The van der Waals surface area contributed by atoms with Crippen molar-refractivity contribution < 1.29 is 9.13 Å². The minimum Gasteiger partial charge on any atom is -0.494 e. The number of hydrogen-bond donors (Lipinski definition) is 1. The molecule has 4 heteroatoms. The molecule has 0 radical (unpaired) electrons.